The molecule has 1 atom stereocenters. The highest BCUT2D eigenvalue weighted by Gasteiger charge is 2.32. The van der Waals surface area contributed by atoms with Gasteiger partial charge in [0.15, 0.2) is 0 Å². The molecular weight excluding hydrogens is 228 g/mol. The Bertz CT molecular complexity index is 362. The van der Waals surface area contributed by atoms with Gasteiger partial charge in [-0.2, -0.15) is 0 Å². The van der Waals surface area contributed by atoms with E-state index >= 15 is 0 Å². The predicted molar refractivity (Wildman–Crippen MR) is 71.7 cm³/mol. The van der Waals surface area contributed by atoms with Crippen LogP contribution in [0.1, 0.15) is 58.4 Å². The van der Waals surface area contributed by atoms with Crippen molar-refractivity contribution in [2.24, 2.45) is 0 Å². The van der Waals surface area contributed by atoms with E-state index in [4.69, 9.17) is 4.42 Å². The first-order valence-corrected chi connectivity index (χ1v) is 7.09. The van der Waals surface area contributed by atoms with E-state index in [0.29, 0.717) is 17.9 Å². The molecule has 0 aromatic carbocycles. The van der Waals surface area contributed by atoms with Crippen molar-refractivity contribution in [1.82, 2.24) is 15.5 Å². The molecule has 1 aromatic rings. The summed E-state index contributed by atoms with van der Waals surface area (Å²) in [5.74, 6) is 0.695. The third-order valence-corrected chi connectivity index (χ3v) is 3.20. The molecule has 0 bridgehead atoms. The fourth-order valence-corrected chi connectivity index (χ4v) is 2.03. The molecular formula is C13H24N4O. The van der Waals surface area contributed by atoms with Crippen LogP contribution in [0.25, 0.3) is 0 Å². The van der Waals surface area contributed by atoms with Crippen molar-refractivity contribution < 1.29 is 4.42 Å². The Labute approximate surface area is 109 Å². The molecule has 0 amide bonds. The number of aromatic nitrogens is 2. The summed E-state index contributed by atoms with van der Waals surface area (Å²) in [6.07, 6.45) is 4.72. The van der Waals surface area contributed by atoms with Crippen LogP contribution in [0.15, 0.2) is 4.42 Å². The van der Waals surface area contributed by atoms with Crippen LogP contribution in [0.4, 0.5) is 6.01 Å². The Morgan fingerprint density at radius 1 is 1.33 bits per heavy atom. The monoisotopic (exact) mass is 252 g/mol. The summed E-state index contributed by atoms with van der Waals surface area (Å²) >= 11 is 0. The van der Waals surface area contributed by atoms with E-state index < -0.39 is 0 Å². The van der Waals surface area contributed by atoms with Crippen molar-refractivity contribution >= 4 is 6.01 Å². The number of rotatable bonds is 8. The minimum atomic E-state index is 0.133. The first kappa shape index (κ1) is 13.3. The van der Waals surface area contributed by atoms with Crippen LogP contribution in [0, 0.1) is 0 Å². The molecule has 1 fully saturated rings. The van der Waals surface area contributed by atoms with E-state index in [1.54, 1.807) is 0 Å². The lowest BCUT2D eigenvalue weighted by molar-refractivity contribution is 0.413. The predicted octanol–water partition coefficient (Wildman–Crippen LogP) is 2.51. The second-order valence-corrected chi connectivity index (χ2v) is 5.02. The van der Waals surface area contributed by atoms with Gasteiger partial charge in [-0.15, -0.1) is 5.10 Å². The van der Waals surface area contributed by atoms with Gasteiger partial charge in [0.25, 0.3) is 0 Å². The highest BCUT2D eigenvalue weighted by atomic mass is 16.4. The molecule has 18 heavy (non-hydrogen) atoms. The fraction of sp³-hybridized carbons (Fsp3) is 0.846. The molecule has 0 radical (unpaired) electrons. The SMILES string of the molecule is CCCNC(C)c1nnc(N(CCC)C2CC2)o1. The molecule has 1 heterocycles. The number of anilines is 1. The highest BCUT2D eigenvalue weighted by Crippen LogP contribution is 2.31. The zero-order chi connectivity index (χ0) is 13.0. The molecule has 0 spiro atoms. The Hall–Kier alpha value is -1.10. The van der Waals surface area contributed by atoms with Gasteiger partial charge in [0.2, 0.25) is 5.89 Å². The Balaban J connectivity index is 1.99. The van der Waals surface area contributed by atoms with Crippen LogP contribution in [-0.4, -0.2) is 29.3 Å². The van der Waals surface area contributed by atoms with E-state index in [0.717, 1.165) is 25.9 Å². The van der Waals surface area contributed by atoms with Crippen molar-refractivity contribution in [3.05, 3.63) is 5.89 Å². The molecule has 1 N–H and O–H groups in total. The second-order valence-electron chi connectivity index (χ2n) is 5.02. The van der Waals surface area contributed by atoms with Crippen molar-refractivity contribution in [3.8, 4) is 0 Å². The molecule has 2 rings (SSSR count). The largest absolute Gasteiger partial charge is 0.406 e. The molecule has 1 aromatic heterocycles. The third-order valence-electron chi connectivity index (χ3n) is 3.20. The third kappa shape index (κ3) is 3.22. The smallest absolute Gasteiger partial charge is 0.318 e. The maximum Gasteiger partial charge on any atom is 0.318 e. The molecule has 102 valence electrons. The van der Waals surface area contributed by atoms with E-state index in [-0.39, 0.29) is 6.04 Å². The molecule has 1 aliphatic carbocycles. The summed E-state index contributed by atoms with van der Waals surface area (Å²) < 4.78 is 5.80. The summed E-state index contributed by atoms with van der Waals surface area (Å²) in [5, 5.41) is 11.7. The zero-order valence-electron chi connectivity index (χ0n) is 11.6. The summed E-state index contributed by atoms with van der Waals surface area (Å²) in [6, 6.07) is 1.45. The van der Waals surface area contributed by atoms with Crippen molar-refractivity contribution in [2.45, 2.75) is 58.5 Å². The van der Waals surface area contributed by atoms with Crippen LogP contribution in [0.5, 0.6) is 0 Å². The minimum absolute atomic E-state index is 0.133. The lowest BCUT2D eigenvalue weighted by Gasteiger charge is -2.18. The fourth-order valence-electron chi connectivity index (χ4n) is 2.03. The molecule has 5 heteroatoms. The summed E-state index contributed by atoms with van der Waals surface area (Å²) in [7, 11) is 0. The number of nitrogens with one attached hydrogen (secondary N) is 1. The minimum Gasteiger partial charge on any atom is -0.406 e. The Morgan fingerprint density at radius 2 is 2.11 bits per heavy atom. The van der Waals surface area contributed by atoms with Gasteiger partial charge in [0, 0.05) is 12.6 Å². The summed E-state index contributed by atoms with van der Waals surface area (Å²) in [5.41, 5.74) is 0. The Morgan fingerprint density at radius 3 is 2.72 bits per heavy atom. The van der Waals surface area contributed by atoms with Crippen molar-refractivity contribution in [2.75, 3.05) is 18.0 Å². The van der Waals surface area contributed by atoms with Gasteiger partial charge >= 0.3 is 6.01 Å². The van der Waals surface area contributed by atoms with Crippen LogP contribution in [0.2, 0.25) is 0 Å². The van der Waals surface area contributed by atoms with Crippen LogP contribution in [0.3, 0.4) is 0 Å². The van der Waals surface area contributed by atoms with Gasteiger partial charge in [-0.25, -0.2) is 0 Å². The van der Waals surface area contributed by atoms with Gasteiger partial charge in [-0.3, -0.25) is 0 Å². The quantitative estimate of drug-likeness (QED) is 0.770. The first-order valence-electron chi connectivity index (χ1n) is 7.09. The maximum absolute atomic E-state index is 5.80. The van der Waals surface area contributed by atoms with E-state index in [9.17, 15) is 0 Å². The Kier molecular flexibility index (Phi) is 4.58. The first-order chi connectivity index (χ1) is 8.76. The average molecular weight is 252 g/mol. The van der Waals surface area contributed by atoms with E-state index in [2.05, 4.69) is 41.2 Å². The molecule has 1 saturated carbocycles. The summed E-state index contributed by atoms with van der Waals surface area (Å²) in [4.78, 5) is 2.25. The number of nitrogens with zero attached hydrogens (tertiary/aromatic N) is 3. The van der Waals surface area contributed by atoms with Crippen LogP contribution < -0.4 is 10.2 Å². The van der Waals surface area contributed by atoms with Crippen molar-refractivity contribution in [3.63, 3.8) is 0 Å². The van der Waals surface area contributed by atoms with Crippen LogP contribution >= 0.6 is 0 Å². The lowest BCUT2D eigenvalue weighted by atomic mass is 10.3. The molecule has 1 aliphatic rings. The van der Waals surface area contributed by atoms with E-state index in [1.165, 1.54) is 12.8 Å². The van der Waals surface area contributed by atoms with Gasteiger partial charge < -0.3 is 14.6 Å². The standard InChI is InChI=1S/C13H24N4O/c1-4-8-14-10(3)12-15-16-13(18-12)17(9-5-2)11-6-7-11/h10-11,14H,4-9H2,1-3H3. The van der Waals surface area contributed by atoms with Crippen molar-refractivity contribution in [1.29, 1.82) is 0 Å². The molecule has 0 saturated heterocycles. The highest BCUT2D eigenvalue weighted by molar-refractivity contribution is 5.29. The average Bonchev–Trinajstić information content (AvgIpc) is 3.09. The van der Waals surface area contributed by atoms with Gasteiger partial charge in [-0.05, 0) is 39.2 Å². The molecule has 0 aliphatic heterocycles. The topological polar surface area (TPSA) is 54.2 Å². The second kappa shape index (κ2) is 6.18. The van der Waals surface area contributed by atoms with Gasteiger partial charge in [0.1, 0.15) is 0 Å². The number of hydrogen-bond donors (Lipinski definition) is 1. The normalized spacial score (nSPS) is 16.8. The zero-order valence-corrected chi connectivity index (χ0v) is 11.6. The lowest BCUT2D eigenvalue weighted by Crippen LogP contribution is -2.26. The number of hydrogen-bond acceptors (Lipinski definition) is 5. The summed E-state index contributed by atoms with van der Waals surface area (Å²) in [6.45, 7) is 8.37. The maximum atomic E-state index is 5.80. The van der Waals surface area contributed by atoms with Gasteiger partial charge in [0.05, 0.1) is 6.04 Å². The van der Waals surface area contributed by atoms with E-state index in [1.807, 2.05) is 0 Å². The molecule has 1 unspecified atom stereocenters. The van der Waals surface area contributed by atoms with Crippen LogP contribution in [-0.2, 0) is 0 Å². The molecule has 5 nitrogen and oxygen atoms in total. The van der Waals surface area contributed by atoms with Gasteiger partial charge in [-0.1, -0.05) is 18.9 Å².